The van der Waals surface area contributed by atoms with E-state index in [4.69, 9.17) is 0 Å². The van der Waals surface area contributed by atoms with Gasteiger partial charge in [0.1, 0.15) is 5.82 Å². The number of hydrogen-bond acceptors (Lipinski definition) is 2. The molecule has 0 aliphatic rings. The van der Waals surface area contributed by atoms with E-state index in [2.05, 4.69) is 19.1 Å². The Labute approximate surface area is 158 Å². The zero-order valence-electron chi connectivity index (χ0n) is 15.3. The van der Waals surface area contributed by atoms with Crippen molar-refractivity contribution in [3.8, 4) is 5.69 Å². The van der Waals surface area contributed by atoms with Gasteiger partial charge in [-0.25, -0.2) is 4.39 Å². The van der Waals surface area contributed by atoms with E-state index >= 15 is 0 Å². The lowest BCUT2D eigenvalue weighted by atomic mass is 10.1. The predicted octanol–water partition coefficient (Wildman–Crippen LogP) is 5.66. The van der Waals surface area contributed by atoms with Crippen LogP contribution >= 0.6 is 11.8 Å². The van der Waals surface area contributed by atoms with Gasteiger partial charge in [-0.2, -0.15) is 0 Å². The Morgan fingerprint density at radius 2 is 1.73 bits per heavy atom. The highest BCUT2D eigenvalue weighted by Gasteiger charge is 2.16. The van der Waals surface area contributed by atoms with E-state index in [9.17, 15) is 9.18 Å². The molecule has 1 aromatic heterocycles. The van der Waals surface area contributed by atoms with Crippen molar-refractivity contribution >= 4 is 17.5 Å². The highest BCUT2D eigenvalue weighted by Crippen LogP contribution is 2.23. The van der Waals surface area contributed by atoms with Crippen LogP contribution in [0, 0.1) is 26.6 Å². The summed E-state index contributed by atoms with van der Waals surface area (Å²) in [4.78, 5) is 12.7. The average molecular weight is 367 g/mol. The van der Waals surface area contributed by atoms with Crippen molar-refractivity contribution in [3.05, 3.63) is 88.5 Å². The van der Waals surface area contributed by atoms with Crippen LogP contribution in [0.5, 0.6) is 0 Å². The van der Waals surface area contributed by atoms with Crippen molar-refractivity contribution in [2.24, 2.45) is 0 Å². The largest absolute Gasteiger partial charge is 0.318 e. The number of Topliss-reactive ketones (excluding diaryl/α,β-unsaturated/α-hetero) is 1. The molecule has 2 nitrogen and oxygen atoms in total. The standard InChI is InChI=1S/C22H22FNOS/c1-15-6-4-5-7-18(15)13-26-14-22(25)21-12-16(2)24(17(21)3)20-10-8-19(23)9-11-20/h4-12H,13-14H2,1-3H3. The molecule has 134 valence electrons. The topological polar surface area (TPSA) is 22.0 Å². The molecule has 1 heterocycles. The fraction of sp³-hybridized carbons (Fsp3) is 0.227. The molecule has 0 radical (unpaired) electrons. The number of carbonyl (C=O) groups excluding carboxylic acids is 1. The number of hydrogen-bond donors (Lipinski definition) is 0. The number of ketones is 1. The zero-order chi connectivity index (χ0) is 18.7. The molecule has 3 rings (SSSR count). The fourth-order valence-corrected chi connectivity index (χ4v) is 4.12. The summed E-state index contributed by atoms with van der Waals surface area (Å²) in [6.07, 6.45) is 0. The van der Waals surface area contributed by atoms with E-state index in [-0.39, 0.29) is 11.6 Å². The molecule has 0 spiro atoms. The van der Waals surface area contributed by atoms with E-state index < -0.39 is 0 Å². The Kier molecular flexibility index (Phi) is 5.62. The van der Waals surface area contributed by atoms with Gasteiger partial charge in [-0.1, -0.05) is 24.3 Å². The third-order valence-electron chi connectivity index (χ3n) is 4.57. The summed E-state index contributed by atoms with van der Waals surface area (Å²) in [5, 5.41) is 0. The van der Waals surface area contributed by atoms with Crippen LogP contribution in [0.15, 0.2) is 54.6 Å². The van der Waals surface area contributed by atoms with Crippen LogP contribution in [0.1, 0.15) is 32.9 Å². The minimum Gasteiger partial charge on any atom is -0.318 e. The predicted molar refractivity (Wildman–Crippen MR) is 107 cm³/mol. The summed E-state index contributed by atoms with van der Waals surface area (Å²) >= 11 is 1.64. The Hall–Kier alpha value is -2.33. The number of thioether (sulfide) groups is 1. The molecule has 0 unspecified atom stereocenters. The SMILES string of the molecule is Cc1ccccc1CSCC(=O)c1cc(C)n(-c2ccc(F)cc2)c1C. The lowest BCUT2D eigenvalue weighted by Crippen LogP contribution is -2.06. The first-order valence-electron chi connectivity index (χ1n) is 8.57. The van der Waals surface area contributed by atoms with Crippen LogP contribution < -0.4 is 0 Å². The first-order valence-corrected chi connectivity index (χ1v) is 9.73. The Bertz CT molecular complexity index is 928. The molecular weight excluding hydrogens is 345 g/mol. The molecule has 0 bridgehead atoms. The smallest absolute Gasteiger partial charge is 0.174 e. The molecule has 3 aromatic rings. The fourth-order valence-electron chi connectivity index (χ4n) is 3.14. The first-order chi connectivity index (χ1) is 12.5. The maximum absolute atomic E-state index is 13.2. The van der Waals surface area contributed by atoms with Crippen molar-refractivity contribution in [1.29, 1.82) is 0 Å². The van der Waals surface area contributed by atoms with Gasteiger partial charge in [0.2, 0.25) is 0 Å². The van der Waals surface area contributed by atoms with Gasteiger partial charge in [0, 0.05) is 28.4 Å². The van der Waals surface area contributed by atoms with Crippen LogP contribution in [0.25, 0.3) is 5.69 Å². The third kappa shape index (κ3) is 3.91. The lowest BCUT2D eigenvalue weighted by Gasteiger charge is -2.10. The minimum atomic E-state index is -0.264. The van der Waals surface area contributed by atoms with Crippen molar-refractivity contribution in [2.75, 3.05) is 5.75 Å². The molecule has 0 fully saturated rings. The number of nitrogens with zero attached hydrogens (tertiary/aromatic N) is 1. The van der Waals surface area contributed by atoms with Crippen LogP contribution in [-0.2, 0) is 5.75 Å². The normalized spacial score (nSPS) is 10.9. The zero-order valence-corrected chi connectivity index (χ0v) is 16.1. The van der Waals surface area contributed by atoms with Gasteiger partial charge in [-0.05, 0) is 62.2 Å². The number of aromatic nitrogens is 1. The molecule has 0 aliphatic carbocycles. The van der Waals surface area contributed by atoms with E-state index in [1.807, 2.05) is 36.6 Å². The second kappa shape index (κ2) is 7.92. The molecule has 26 heavy (non-hydrogen) atoms. The quantitative estimate of drug-likeness (QED) is 0.525. The summed E-state index contributed by atoms with van der Waals surface area (Å²) in [5.41, 5.74) is 6.00. The van der Waals surface area contributed by atoms with Crippen LogP contribution in [0.2, 0.25) is 0 Å². The molecule has 2 aromatic carbocycles. The first kappa shape index (κ1) is 18.5. The van der Waals surface area contributed by atoms with Crippen molar-refractivity contribution in [2.45, 2.75) is 26.5 Å². The average Bonchev–Trinajstić information content (AvgIpc) is 2.92. The number of aryl methyl sites for hydroxylation is 2. The summed E-state index contributed by atoms with van der Waals surface area (Å²) in [6, 6.07) is 16.5. The van der Waals surface area contributed by atoms with Gasteiger partial charge in [0.15, 0.2) is 5.78 Å². The Morgan fingerprint density at radius 1 is 1.04 bits per heavy atom. The molecule has 0 amide bonds. The Balaban J connectivity index is 1.73. The molecule has 0 saturated carbocycles. The van der Waals surface area contributed by atoms with E-state index in [0.717, 1.165) is 28.4 Å². The molecule has 0 aliphatic heterocycles. The maximum atomic E-state index is 13.2. The third-order valence-corrected chi connectivity index (χ3v) is 5.55. The van der Waals surface area contributed by atoms with Crippen LogP contribution in [0.4, 0.5) is 4.39 Å². The lowest BCUT2D eigenvalue weighted by molar-refractivity contribution is 0.102. The van der Waals surface area contributed by atoms with Gasteiger partial charge < -0.3 is 4.57 Å². The number of rotatable bonds is 6. The van der Waals surface area contributed by atoms with E-state index in [1.54, 1.807) is 23.9 Å². The van der Waals surface area contributed by atoms with Gasteiger partial charge >= 0.3 is 0 Å². The van der Waals surface area contributed by atoms with Crippen molar-refractivity contribution < 1.29 is 9.18 Å². The maximum Gasteiger partial charge on any atom is 0.174 e. The van der Waals surface area contributed by atoms with Gasteiger partial charge in [0.05, 0.1) is 5.75 Å². The molecule has 0 saturated heterocycles. The van der Waals surface area contributed by atoms with Crippen molar-refractivity contribution in [3.63, 3.8) is 0 Å². The minimum absolute atomic E-state index is 0.130. The summed E-state index contributed by atoms with van der Waals surface area (Å²) < 4.78 is 15.2. The van der Waals surface area contributed by atoms with Crippen LogP contribution in [-0.4, -0.2) is 16.1 Å². The number of halogens is 1. The molecule has 0 atom stereocenters. The second-order valence-corrected chi connectivity index (χ2v) is 7.42. The van der Waals surface area contributed by atoms with E-state index in [0.29, 0.717) is 5.75 Å². The highest BCUT2D eigenvalue weighted by molar-refractivity contribution is 7.99. The number of benzene rings is 2. The van der Waals surface area contributed by atoms with E-state index in [1.165, 1.54) is 23.3 Å². The Morgan fingerprint density at radius 3 is 2.42 bits per heavy atom. The van der Waals surface area contributed by atoms with Gasteiger partial charge in [-0.15, -0.1) is 11.8 Å². The summed E-state index contributed by atoms with van der Waals surface area (Å²) in [5.74, 6) is 1.14. The monoisotopic (exact) mass is 367 g/mol. The summed E-state index contributed by atoms with van der Waals surface area (Å²) in [6.45, 7) is 6.00. The number of carbonyl (C=O) groups is 1. The second-order valence-electron chi connectivity index (χ2n) is 6.44. The summed E-state index contributed by atoms with van der Waals surface area (Å²) in [7, 11) is 0. The molecule has 4 heteroatoms. The molecule has 0 N–H and O–H groups in total. The highest BCUT2D eigenvalue weighted by atomic mass is 32.2. The van der Waals surface area contributed by atoms with Gasteiger partial charge in [-0.3, -0.25) is 4.79 Å². The van der Waals surface area contributed by atoms with Crippen molar-refractivity contribution in [1.82, 2.24) is 4.57 Å². The van der Waals surface area contributed by atoms with Crippen LogP contribution in [0.3, 0.4) is 0 Å². The van der Waals surface area contributed by atoms with Gasteiger partial charge in [0.25, 0.3) is 0 Å². The molecular formula is C22H22FNOS.